The number of carbonyl (C=O) groups is 1. The van der Waals surface area contributed by atoms with Gasteiger partial charge in [0.2, 0.25) is 0 Å². The predicted octanol–water partition coefficient (Wildman–Crippen LogP) is 1.37. The minimum atomic E-state index is -0.0959. The summed E-state index contributed by atoms with van der Waals surface area (Å²) in [6.07, 6.45) is 6.97. The second-order valence-electron chi connectivity index (χ2n) is 5.66. The smallest absolute Gasteiger partial charge is 0.317 e. The number of ether oxygens (including phenoxy) is 1. The molecule has 1 unspecified atom stereocenters. The van der Waals surface area contributed by atoms with Crippen molar-refractivity contribution in [3.05, 3.63) is 36.5 Å². The monoisotopic (exact) mass is 330 g/mol. The van der Waals surface area contributed by atoms with Crippen LogP contribution in [0.1, 0.15) is 25.3 Å². The molecule has 8 nitrogen and oxygen atoms in total. The number of amides is 2. The van der Waals surface area contributed by atoms with Crippen LogP contribution in [-0.2, 0) is 11.3 Å². The lowest BCUT2D eigenvalue weighted by atomic mass is 10.2. The average molecular weight is 330 g/mol. The number of likely N-dealkylation sites (N-methyl/N-ethyl adjacent to an activating group) is 1. The number of pyridine rings is 1. The van der Waals surface area contributed by atoms with E-state index in [0.29, 0.717) is 25.5 Å². The summed E-state index contributed by atoms with van der Waals surface area (Å²) in [5, 5.41) is 7.05. The number of hydrogen-bond donors (Lipinski definition) is 1. The fourth-order valence-corrected chi connectivity index (χ4v) is 2.76. The van der Waals surface area contributed by atoms with Crippen molar-refractivity contribution in [1.29, 1.82) is 0 Å². The molecule has 0 saturated carbocycles. The third-order valence-electron chi connectivity index (χ3n) is 4.05. The Morgan fingerprint density at radius 3 is 3.17 bits per heavy atom. The number of carbonyl (C=O) groups excluding carboxylic acids is 1. The largest absolute Gasteiger partial charge is 0.376 e. The van der Waals surface area contributed by atoms with Gasteiger partial charge >= 0.3 is 6.03 Å². The number of aromatic nitrogens is 4. The molecule has 0 bridgehead atoms. The second-order valence-corrected chi connectivity index (χ2v) is 5.66. The molecule has 128 valence electrons. The zero-order valence-electron chi connectivity index (χ0n) is 13.8. The molecule has 8 heteroatoms. The van der Waals surface area contributed by atoms with Gasteiger partial charge in [0, 0.05) is 38.0 Å². The SMILES string of the molecule is CCN(CC1CCCO1)C(=O)NCc1cccnc1-n1cncn1. The Balaban J connectivity index is 1.61. The number of nitrogens with one attached hydrogen (secondary N) is 1. The first-order valence-corrected chi connectivity index (χ1v) is 8.21. The molecule has 2 aromatic rings. The van der Waals surface area contributed by atoms with Gasteiger partial charge < -0.3 is 15.0 Å². The molecular formula is C16H22N6O2. The first-order chi connectivity index (χ1) is 11.8. The molecule has 2 amide bonds. The van der Waals surface area contributed by atoms with Crippen LogP contribution in [0, 0.1) is 0 Å². The fraction of sp³-hybridized carbons (Fsp3) is 0.500. The molecule has 1 atom stereocenters. The van der Waals surface area contributed by atoms with Crippen molar-refractivity contribution in [2.24, 2.45) is 0 Å². The Morgan fingerprint density at radius 1 is 1.54 bits per heavy atom. The van der Waals surface area contributed by atoms with Crippen molar-refractivity contribution in [1.82, 2.24) is 30.0 Å². The molecule has 0 spiro atoms. The van der Waals surface area contributed by atoms with E-state index in [0.717, 1.165) is 25.0 Å². The van der Waals surface area contributed by atoms with Crippen LogP contribution in [0.5, 0.6) is 0 Å². The van der Waals surface area contributed by atoms with Crippen molar-refractivity contribution >= 4 is 6.03 Å². The summed E-state index contributed by atoms with van der Waals surface area (Å²) in [6.45, 7) is 4.42. The first-order valence-electron chi connectivity index (χ1n) is 8.21. The lowest BCUT2D eigenvalue weighted by Crippen LogP contribution is -2.43. The summed E-state index contributed by atoms with van der Waals surface area (Å²) in [6, 6.07) is 3.66. The van der Waals surface area contributed by atoms with E-state index in [1.165, 1.54) is 6.33 Å². The summed E-state index contributed by atoms with van der Waals surface area (Å²) in [7, 11) is 0. The van der Waals surface area contributed by atoms with Crippen LogP contribution < -0.4 is 5.32 Å². The number of rotatable bonds is 6. The molecule has 1 aliphatic heterocycles. The minimum absolute atomic E-state index is 0.0959. The van der Waals surface area contributed by atoms with E-state index in [2.05, 4.69) is 20.4 Å². The minimum Gasteiger partial charge on any atom is -0.376 e. The summed E-state index contributed by atoms with van der Waals surface area (Å²) in [5.41, 5.74) is 0.879. The lowest BCUT2D eigenvalue weighted by molar-refractivity contribution is 0.0826. The van der Waals surface area contributed by atoms with Gasteiger partial charge in [-0.2, -0.15) is 5.10 Å². The maximum Gasteiger partial charge on any atom is 0.317 e. The quantitative estimate of drug-likeness (QED) is 0.865. The average Bonchev–Trinajstić information content (AvgIpc) is 3.31. The molecule has 1 fully saturated rings. The molecule has 24 heavy (non-hydrogen) atoms. The Hall–Kier alpha value is -2.48. The standard InChI is InChI=1S/C16H22N6O2/c1-2-21(10-14-6-4-8-24-14)16(23)19-9-13-5-3-7-18-15(13)22-12-17-11-20-22/h3,5,7,11-12,14H,2,4,6,8-10H2,1H3,(H,19,23). The highest BCUT2D eigenvalue weighted by molar-refractivity contribution is 5.74. The Bertz CT molecular complexity index is 654. The lowest BCUT2D eigenvalue weighted by Gasteiger charge is -2.24. The summed E-state index contributed by atoms with van der Waals surface area (Å²) in [5.74, 6) is 0.664. The maximum atomic E-state index is 12.4. The van der Waals surface area contributed by atoms with E-state index in [4.69, 9.17) is 4.74 Å². The van der Waals surface area contributed by atoms with Gasteiger partial charge in [-0.05, 0) is 25.8 Å². The van der Waals surface area contributed by atoms with E-state index >= 15 is 0 Å². The summed E-state index contributed by atoms with van der Waals surface area (Å²) >= 11 is 0. The van der Waals surface area contributed by atoms with Crippen LogP contribution in [0.2, 0.25) is 0 Å². The van der Waals surface area contributed by atoms with Gasteiger partial charge in [0.15, 0.2) is 5.82 Å². The molecule has 0 aliphatic carbocycles. The van der Waals surface area contributed by atoms with E-state index in [1.807, 2.05) is 19.1 Å². The summed E-state index contributed by atoms with van der Waals surface area (Å²) in [4.78, 5) is 22.5. The van der Waals surface area contributed by atoms with Crippen molar-refractivity contribution < 1.29 is 9.53 Å². The van der Waals surface area contributed by atoms with Gasteiger partial charge in [-0.1, -0.05) is 6.07 Å². The first kappa shape index (κ1) is 16.4. The molecule has 1 saturated heterocycles. The van der Waals surface area contributed by atoms with Gasteiger partial charge in [-0.3, -0.25) is 0 Å². The van der Waals surface area contributed by atoms with Gasteiger partial charge in [-0.15, -0.1) is 0 Å². The topological polar surface area (TPSA) is 85.2 Å². The number of nitrogens with zero attached hydrogens (tertiary/aromatic N) is 5. The predicted molar refractivity (Wildman–Crippen MR) is 87.6 cm³/mol. The maximum absolute atomic E-state index is 12.4. The molecule has 1 aliphatic rings. The van der Waals surface area contributed by atoms with Gasteiger partial charge in [0.25, 0.3) is 0 Å². The third-order valence-corrected chi connectivity index (χ3v) is 4.05. The normalized spacial score (nSPS) is 17.0. The number of hydrogen-bond acceptors (Lipinski definition) is 5. The van der Waals surface area contributed by atoms with E-state index < -0.39 is 0 Å². The van der Waals surface area contributed by atoms with E-state index in [-0.39, 0.29) is 12.1 Å². The fourth-order valence-electron chi connectivity index (χ4n) is 2.76. The van der Waals surface area contributed by atoms with Crippen LogP contribution in [0.15, 0.2) is 31.0 Å². The Labute approximate surface area is 140 Å². The van der Waals surface area contributed by atoms with Crippen LogP contribution in [0.3, 0.4) is 0 Å². The van der Waals surface area contributed by atoms with Crippen molar-refractivity contribution in [2.45, 2.75) is 32.4 Å². The van der Waals surface area contributed by atoms with Crippen molar-refractivity contribution in [3.8, 4) is 5.82 Å². The zero-order chi connectivity index (χ0) is 16.8. The zero-order valence-corrected chi connectivity index (χ0v) is 13.8. The van der Waals surface area contributed by atoms with Crippen LogP contribution in [0.4, 0.5) is 4.79 Å². The van der Waals surface area contributed by atoms with Crippen LogP contribution >= 0.6 is 0 Å². The van der Waals surface area contributed by atoms with Crippen LogP contribution in [0.25, 0.3) is 5.82 Å². The Morgan fingerprint density at radius 2 is 2.46 bits per heavy atom. The molecule has 3 heterocycles. The number of urea groups is 1. The van der Waals surface area contributed by atoms with Gasteiger partial charge in [0.05, 0.1) is 6.10 Å². The molecule has 3 rings (SSSR count). The molecule has 2 aromatic heterocycles. The van der Waals surface area contributed by atoms with Crippen LogP contribution in [-0.4, -0.2) is 56.5 Å². The third kappa shape index (κ3) is 3.88. The highest BCUT2D eigenvalue weighted by Gasteiger charge is 2.21. The van der Waals surface area contributed by atoms with Crippen molar-refractivity contribution in [2.75, 3.05) is 19.7 Å². The molecule has 0 radical (unpaired) electrons. The molecular weight excluding hydrogens is 308 g/mol. The second kappa shape index (κ2) is 7.87. The van der Waals surface area contributed by atoms with E-state index in [9.17, 15) is 4.79 Å². The molecule has 1 N–H and O–H groups in total. The van der Waals surface area contributed by atoms with Gasteiger partial charge in [0.1, 0.15) is 12.7 Å². The molecule has 0 aromatic carbocycles. The van der Waals surface area contributed by atoms with Gasteiger partial charge in [-0.25, -0.2) is 19.4 Å². The highest BCUT2D eigenvalue weighted by Crippen LogP contribution is 2.14. The van der Waals surface area contributed by atoms with Crippen molar-refractivity contribution in [3.63, 3.8) is 0 Å². The summed E-state index contributed by atoms with van der Waals surface area (Å²) < 4.78 is 7.20. The highest BCUT2D eigenvalue weighted by atomic mass is 16.5. The Kier molecular flexibility index (Phi) is 5.37. The van der Waals surface area contributed by atoms with E-state index in [1.54, 1.807) is 22.1 Å².